The topological polar surface area (TPSA) is 418 Å². The summed E-state index contributed by atoms with van der Waals surface area (Å²) in [6.07, 6.45) is -0.360. The first-order chi connectivity index (χ1) is 40.5. The minimum atomic E-state index is -1.57. The smallest absolute Gasteiger partial charge is 0.326 e. The Morgan fingerprint density at radius 3 is 1.19 bits per heavy atom. The molecule has 2 saturated heterocycles. The van der Waals surface area contributed by atoms with Gasteiger partial charge in [0, 0.05) is 89.2 Å². The third-order valence-corrected chi connectivity index (χ3v) is 14.0. The summed E-state index contributed by atoms with van der Waals surface area (Å²) < 4.78 is 14.4. The molecule has 4 atom stereocenters. The molecule has 0 spiro atoms. The lowest BCUT2D eigenvalue weighted by Crippen LogP contribution is -2.51. The maximum Gasteiger partial charge on any atom is 0.326 e. The molecule has 3 aromatic carbocycles. The number of alkyl halides is 1. The van der Waals surface area contributed by atoms with E-state index in [0.29, 0.717) is 40.1 Å². The van der Waals surface area contributed by atoms with E-state index in [4.69, 9.17) is 10.2 Å². The summed E-state index contributed by atoms with van der Waals surface area (Å²) in [5.74, 6) is -9.76. The average Bonchev–Trinajstić information content (AvgIpc) is 4.12. The Morgan fingerprint density at radius 2 is 0.835 bits per heavy atom. The van der Waals surface area contributed by atoms with Crippen LogP contribution in [0.4, 0.5) is 14.0 Å². The molecule has 2 fully saturated rings. The first-order valence-electron chi connectivity index (χ1n) is 26.9. The lowest BCUT2D eigenvalue weighted by molar-refractivity contribution is -0.142. The number of nitrogens with one attached hydrogen (secondary N) is 4. The maximum atomic E-state index is 14.3. The molecule has 10 N–H and O–H groups in total. The molecule has 1 aromatic heterocycles. The third-order valence-electron chi connectivity index (χ3n) is 14.0. The van der Waals surface area contributed by atoms with Crippen LogP contribution >= 0.6 is 0 Å². The molecule has 0 radical (unpaired) electrons. The van der Waals surface area contributed by atoms with E-state index in [2.05, 4.69) is 31.6 Å². The third kappa shape index (κ3) is 19.3. The van der Waals surface area contributed by atoms with Crippen LogP contribution in [0.15, 0.2) is 72.9 Å². The summed E-state index contributed by atoms with van der Waals surface area (Å²) in [7, 11) is 0. The molecule has 2 unspecified atom stereocenters. The number of carbonyl (C=O) groups excluding carboxylic acids is 6. The fourth-order valence-corrected chi connectivity index (χ4v) is 9.26. The summed E-state index contributed by atoms with van der Waals surface area (Å²) >= 11 is 0. The summed E-state index contributed by atoms with van der Waals surface area (Å²) in [5, 5.41) is 72.7. The largest absolute Gasteiger partial charge is 0.481 e. The molecule has 8 amide bonds. The van der Waals surface area contributed by atoms with Gasteiger partial charge in [-0.3, -0.25) is 33.2 Å². The number of benzene rings is 3. The standard InChI is InChI=1S/C55H64FN11O18/c56-15-1-2-38-31-67(62-61-38)39-29-36(48(74)65-20-16-63(17-21-65)44(68)26-34-7-3-32(4-8-34)24-42(52(80)81)59-54(84)57-40(50(76)77)11-13-46(70)71)28-37(30-39)49(75)66-22-18-64(19-23-66)45(69)27-35-9-5-33(6-10-35)25-43(53(82)83)60-55(85)58-41(51(78)79)12-14-47(72)73/h3-10,28-31,40-43H,1-2,11-27H2,(H,70,71)(H,72,73)(H,76,77)(H,78,79)(H,80,81)(H,82,83)(H2,57,59,84)(H2,58,60,85)/t40?,41?,42-,43-/m0/s1. The van der Waals surface area contributed by atoms with E-state index >= 15 is 0 Å². The number of piperazine rings is 2. The quantitative estimate of drug-likeness (QED) is 0.0369. The van der Waals surface area contributed by atoms with Crippen molar-refractivity contribution in [3.8, 4) is 5.69 Å². The monoisotopic (exact) mass is 1190 g/mol. The molecule has 454 valence electrons. The highest BCUT2D eigenvalue weighted by atomic mass is 19.1. The van der Waals surface area contributed by atoms with Crippen molar-refractivity contribution in [3.05, 3.63) is 112 Å². The molecule has 0 bridgehead atoms. The molecule has 29 nitrogen and oxygen atoms in total. The van der Waals surface area contributed by atoms with E-state index in [9.17, 15) is 82.4 Å². The fraction of sp³-hybridized carbons (Fsp3) is 0.418. The zero-order valence-corrected chi connectivity index (χ0v) is 45.8. The van der Waals surface area contributed by atoms with Gasteiger partial charge in [-0.2, -0.15) is 0 Å². The van der Waals surface area contributed by atoms with Crippen LogP contribution in [0.25, 0.3) is 5.69 Å². The number of carbonyl (C=O) groups is 12. The van der Waals surface area contributed by atoms with Gasteiger partial charge in [0.15, 0.2) is 0 Å². The van der Waals surface area contributed by atoms with Crippen LogP contribution in [-0.4, -0.2) is 220 Å². The molecule has 4 aromatic rings. The number of hydrogen-bond acceptors (Lipinski definition) is 14. The van der Waals surface area contributed by atoms with E-state index in [-0.39, 0.29) is 107 Å². The Labute approximate surface area is 483 Å². The van der Waals surface area contributed by atoms with E-state index < -0.39 is 116 Å². The van der Waals surface area contributed by atoms with Gasteiger partial charge in [-0.25, -0.2) is 33.4 Å². The van der Waals surface area contributed by atoms with Crippen molar-refractivity contribution in [2.24, 2.45) is 0 Å². The van der Waals surface area contributed by atoms with Crippen LogP contribution < -0.4 is 21.3 Å². The van der Waals surface area contributed by atoms with E-state index in [1.54, 1.807) is 86.5 Å². The predicted octanol–water partition coefficient (Wildman–Crippen LogP) is 0.449. The molecule has 30 heteroatoms. The second kappa shape index (κ2) is 30.3. The lowest BCUT2D eigenvalue weighted by Gasteiger charge is -2.35. The van der Waals surface area contributed by atoms with Crippen molar-refractivity contribution in [2.75, 3.05) is 59.0 Å². The second-order valence-corrected chi connectivity index (χ2v) is 20.1. The van der Waals surface area contributed by atoms with Crippen LogP contribution in [0.3, 0.4) is 0 Å². The lowest BCUT2D eigenvalue weighted by atomic mass is 10.0. The van der Waals surface area contributed by atoms with Gasteiger partial charge in [0.25, 0.3) is 11.8 Å². The maximum absolute atomic E-state index is 14.3. The first-order valence-corrected chi connectivity index (χ1v) is 26.9. The Morgan fingerprint density at radius 1 is 0.482 bits per heavy atom. The van der Waals surface area contributed by atoms with Crippen molar-refractivity contribution in [2.45, 2.75) is 88.4 Å². The molecule has 0 aliphatic carbocycles. The first kappa shape index (κ1) is 64.1. The normalized spacial score (nSPS) is 14.6. The Kier molecular flexibility index (Phi) is 22.9. The van der Waals surface area contributed by atoms with Gasteiger partial charge in [-0.05, 0) is 66.1 Å². The predicted molar refractivity (Wildman–Crippen MR) is 291 cm³/mol. The van der Waals surface area contributed by atoms with Gasteiger partial charge in [-0.1, -0.05) is 53.7 Å². The molecular weight excluding hydrogens is 1120 g/mol. The van der Waals surface area contributed by atoms with E-state index in [0.717, 1.165) is 0 Å². The number of aromatic nitrogens is 3. The zero-order chi connectivity index (χ0) is 61.9. The molecule has 85 heavy (non-hydrogen) atoms. The number of carboxylic acid groups (broad SMARTS) is 6. The summed E-state index contributed by atoms with van der Waals surface area (Å²) in [6, 6.07) is 8.97. The molecule has 2 aliphatic heterocycles. The molecule has 2 aliphatic rings. The number of carboxylic acids is 6. The Bertz CT molecular complexity index is 2950. The minimum absolute atomic E-state index is 0.0371. The SMILES string of the molecule is O=C(O)CCC(NC(=O)N[C@@H](Cc1ccc(CC(=O)N2CCN(C(=O)c3cc(C(=O)N4CCN(C(=O)Cc5ccc(C[C@H](NC(=O)NC(CCC(=O)O)C(=O)O)C(=O)O)cc5)CC4)cc(-n4cc(CCCF)nn4)c3)CC2)cc1)C(=O)O)C(=O)O. The highest BCUT2D eigenvalue weighted by Crippen LogP contribution is 2.21. The van der Waals surface area contributed by atoms with Gasteiger partial charge in [0.1, 0.15) is 24.2 Å². The Balaban J connectivity index is 1.03. The Hall–Kier alpha value is -10.0. The number of halogens is 1. The summed E-state index contributed by atoms with van der Waals surface area (Å²) in [6.45, 7) is 0.654. The molecule has 3 heterocycles. The van der Waals surface area contributed by atoms with Crippen molar-refractivity contribution >= 4 is 71.5 Å². The van der Waals surface area contributed by atoms with E-state index in [1.807, 2.05) is 0 Å². The van der Waals surface area contributed by atoms with Crippen LogP contribution in [0.5, 0.6) is 0 Å². The minimum Gasteiger partial charge on any atom is -0.481 e. The molecular formula is C55H64FN11O18. The highest BCUT2D eigenvalue weighted by Gasteiger charge is 2.31. The number of aliphatic carboxylic acids is 6. The van der Waals surface area contributed by atoms with Crippen molar-refractivity contribution in [3.63, 3.8) is 0 Å². The molecule has 0 saturated carbocycles. The van der Waals surface area contributed by atoms with Gasteiger partial charge in [-0.15, -0.1) is 5.10 Å². The number of hydrogen-bond donors (Lipinski definition) is 10. The zero-order valence-electron chi connectivity index (χ0n) is 45.8. The van der Waals surface area contributed by atoms with Crippen LogP contribution in [0.1, 0.15) is 80.8 Å². The number of nitrogens with zero attached hydrogens (tertiary/aromatic N) is 7. The molecule has 6 rings (SSSR count). The van der Waals surface area contributed by atoms with Gasteiger partial charge in [0.2, 0.25) is 11.8 Å². The van der Waals surface area contributed by atoms with Crippen molar-refractivity contribution in [1.82, 2.24) is 55.9 Å². The summed E-state index contributed by atoms with van der Waals surface area (Å²) in [4.78, 5) is 155. The van der Waals surface area contributed by atoms with Gasteiger partial charge >= 0.3 is 47.9 Å². The average molecular weight is 1190 g/mol. The van der Waals surface area contributed by atoms with Gasteiger partial charge in [0.05, 0.1) is 37.1 Å². The second-order valence-electron chi connectivity index (χ2n) is 20.1. The van der Waals surface area contributed by atoms with Crippen molar-refractivity contribution in [1.29, 1.82) is 0 Å². The summed E-state index contributed by atoms with van der Waals surface area (Å²) in [5.41, 5.74) is 3.19. The number of rotatable bonds is 28. The van der Waals surface area contributed by atoms with Crippen LogP contribution in [0, 0.1) is 0 Å². The number of aryl methyl sites for hydroxylation is 1. The van der Waals surface area contributed by atoms with Crippen molar-refractivity contribution < 1.29 is 92.6 Å². The number of amides is 8. The fourth-order valence-electron chi connectivity index (χ4n) is 9.26. The van der Waals surface area contributed by atoms with Crippen LogP contribution in [0.2, 0.25) is 0 Å². The van der Waals surface area contributed by atoms with Gasteiger partial charge < -0.3 is 71.5 Å². The van der Waals surface area contributed by atoms with Crippen LogP contribution in [-0.2, 0) is 70.5 Å². The number of urea groups is 2. The highest BCUT2D eigenvalue weighted by molar-refractivity contribution is 6.01. The van der Waals surface area contributed by atoms with E-state index in [1.165, 1.54) is 10.7 Å².